The fraction of sp³-hybridized carbons (Fsp3) is 0.0769. The van der Waals surface area contributed by atoms with Crippen molar-refractivity contribution in [1.82, 2.24) is 9.97 Å². The molecule has 100 valence electrons. The van der Waals surface area contributed by atoms with Crippen LogP contribution in [0.15, 0.2) is 18.2 Å². The van der Waals surface area contributed by atoms with Gasteiger partial charge in [-0.1, -0.05) is 23.2 Å². The molecule has 1 aromatic heterocycles. The van der Waals surface area contributed by atoms with Gasteiger partial charge in [-0.05, 0) is 25.1 Å². The number of hydrogen-bond donors (Lipinski definition) is 1. The van der Waals surface area contributed by atoms with Crippen LogP contribution in [0.2, 0.25) is 10.2 Å². The number of hydrogen-bond acceptors (Lipinski definition) is 5. The number of rotatable bonds is 3. The smallest absolute Gasteiger partial charge is 0.156 e. The Morgan fingerprint density at radius 3 is 2.70 bits per heavy atom. The van der Waals surface area contributed by atoms with Crippen LogP contribution in [0.3, 0.4) is 0 Å². The predicted molar refractivity (Wildman–Crippen MR) is 76.6 cm³/mol. The van der Waals surface area contributed by atoms with Gasteiger partial charge in [0, 0.05) is 0 Å². The summed E-state index contributed by atoms with van der Waals surface area (Å²) in [5, 5.41) is 12.1. The summed E-state index contributed by atoms with van der Waals surface area (Å²) >= 11 is 11.9. The average molecular weight is 307 g/mol. The molecule has 0 atom stereocenters. The van der Waals surface area contributed by atoms with E-state index in [2.05, 4.69) is 15.3 Å². The van der Waals surface area contributed by atoms with Gasteiger partial charge in [-0.2, -0.15) is 5.26 Å². The molecule has 0 aliphatic heterocycles. The first kappa shape index (κ1) is 14.3. The highest BCUT2D eigenvalue weighted by atomic mass is 35.5. The van der Waals surface area contributed by atoms with E-state index >= 15 is 0 Å². The highest BCUT2D eigenvalue weighted by Gasteiger charge is 2.12. The lowest BCUT2D eigenvalue weighted by molar-refractivity contribution is 0.112. The minimum Gasteiger partial charge on any atom is -0.338 e. The molecule has 0 saturated carbocycles. The Bertz CT molecular complexity index is 725. The molecule has 1 aromatic carbocycles. The number of aryl methyl sites for hydroxylation is 1. The lowest BCUT2D eigenvalue weighted by atomic mass is 10.2. The Morgan fingerprint density at radius 1 is 1.35 bits per heavy atom. The summed E-state index contributed by atoms with van der Waals surface area (Å²) in [5.74, 6) is 0.692. The molecule has 1 heterocycles. The fourth-order valence-corrected chi connectivity index (χ4v) is 2.04. The second-order valence-corrected chi connectivity index (χ2v) is 4.64. The number of carbonyl (C=O) groups is 1. The van der Waals surface area contributed by atoms with Crippen LogP contribution in [0.1, 0.15) is 21.7 Å². The summed E-state index contributed by atoms with van der Waals surface area (Å²) in [6, 6.07) is 6.73. The van der Waals surface area contributed by atoms with Crippen molar-refractivity contribution in [2.75, 3.05) is 5.32 Å². The van der Waals surface area contributed by atoms with Crippen molar-refractivity contribution >= 4 is 41.0 Å². The van der Waals surface area contributed by atoms with Crippen molar-refractivity contribution in [2.24, 2.45) is 0 Å². The molecule has 2 rings (SSSR count). The minimum absolute atomic E-state index is 0.0692. The van der Waals surface area contributed by atoms with Gasteiger partial charge in [0.1, 0.15) is 16.8 Å². The quantitative estimate of drug-likeness (QED) is 0.693. The zero-order valence-corrected chi connectivity index (χ0v) is 11.8. The van der Waals surface area contributed by atoms with Crippen LogP contribution in [0.4, 0.5) is 11.5 Å². The predicted octanol–water partition coefficient (Wildman–Crippen LogP) is 3.52. The van der Waals surface area contributed by atoms with Crippen molar-refractivity contribution < 1.29 is 4.79 Å². The van der Waals surface area contributed by atoms with Gasteiger partial charge in [-0.25, -0.2) is 9.97 Å². The van der Waals surface area contributed by atoms with Gasteiger partial charge >= 0.3 is 0 Å². The van der Waals surface area contributed by atoms with Crippen molar-refractivity contribution in [1.29, 1.82) is 5.26 Å². The Balaban J connectivity index is 2.45. The summed E-state index contributed by atoms with van der Waals surface area (Å²) in [6.45, 7) is 1.66. The van der Waals surface area contributed by atoms with Crippen LogP contribution >= 0.6 is 23.2 Å². The number of nitriles is 1. The molecule has 5 nitrogen and oxygen atoms in total. The van der Waals surface area contributed by atoms with E-state index in [4.69, 9.17) is 28.5 Å². The monoisotopic (exact) mass is 306 g/mol. The number of halogens is 2. The highest BCUT2D eigenvalue weighted by Crippen LogP contribution is 2.28. The highest BCUT2D eigenvalue weighted by molar-refractivity contribution is 6.34. The lowest BCUT2D eigenvalue weighted by Gasteiger charge is -2.11. The number of benzene rings is 1. The van der Waals surface area contributed by atoms with E-state index in [0.717, 1.165) is 0 Å². The molecule has 0 aliphatic rings. The molecule has 0 saturated heterocycles. The van der Waals surface area contributed by atoms with Crippen molar-refractivity contribution in [3.8, 4) is 6.07 Å². The number of nitrogens with zero attached hydrogens (tertiary/aromatic N) is 3. The zero-order chi connectivity index (χ0) is 14.7. The molecule has 20 heavy (non-hydrogen) atoms. The molecular weight excluding hydrogens is 299 g/mol. The Labute approximate surface area is 125 Å². The Hall–Kier alpha value is -2.16. The molecule has 0 radical (unpaired) electrons. The molecule has 0 bridgehead atoms. The molecule has 2 aromatic rings. The van der Waals surface area contributed by atoms with Gasteiger partial charge in [-0.15, -0.1) is 0 Å². The SMILES string of the molecule is Cc1nc(Cl)c(C=O)c(Nc2ccc(C#N)cc2Cl)n1. The van der Waals surface area contributed by atoms with Gasteiger partial charge in [0.25, 0.3) is 0 Å². The third kappa shape index (κ3) is 2.87. The first-order chi connectivity index (χ1) is 9.55. The Morgan fingerprint density at radius 2 is 2.10 bits per heavy atom. The minimum atomic E-state index is 0.0692. The van der Waals surface area contributed by atoms with Crippen LogP contribution in [0.25, 0.3) is 0 Å². The number of nitrogens with one attached hydrogen (secondary N) is 1. The molecule has 0 unspecified atom stereocenters. The van der Waals surface area contributed by atoms with Gasteiger partial charge in [0.05, 0.1) is 27.9 Å². The second-order valence-electron chi connectivity index (χ2n) is 3.87. The van der Waals surface area contributed by atoms with Crippen LogP contribution < -0.4 is 5.32 Å². The summed E-state index contributed by atoms with van der Waals surface area (Å²) in [7, 11) is 0. The topological polar surface area (TPSA) is 78.7 Å². The van der Waals surface area contributed by atoms with Crippen molar-refractivity contribution in [3.63, 3.8) is 0 Å². The van der Waals surface area contributed by atoms with Crippen LogP contribution in [-0.4, -0.2) is 16.3 Å². The van der Waals surface area contributed by atoms with Gasteiger partial charge in [0.2, 0.25) is 0 Å². The largest absolute Gasteiger partial charge is 0.338 e. The molecule has 1 N–H and O–H groups in total. The molecule has 7 heteroatoms. The van der Waals surface area contributed by atoms with Crippen LogP contribution in [0, 0.1) is 18.3 Å². The maximum atomic E-state index is 11.1. The van der Waals surface area contributed by atoms with E-state index in [1.165, 1.54) is 6.07 Å². The van der Waals surface area contributed by atoms with E-state index in [-0.39, 0.29) is 16.5 Å². The van der Waals surface area contributed by atoms with E-state index in [1.54, 1.807) is 19.1 Å². The first-order valence-electron chi connectivity index (χ1n) is 5.51. The first-order valence-corrected chi connectivity index (χ1v) is 6.26. The van der Waals surface area contributed by atoms with Crippen molar-refractivity contribution in [2.45, 2.75) is 6.92 Å². The molecule has 0 aliphatic carbocycles. The van der Waals surface area contributed by atoms with E-state index in [1.807, 2.05) is 6.07 Å². The number of aromatic nitrogens is 2. The zero-order valence-electron chi connectivity index (χ0n) is 10.3. The van der Waals surface area contributed by atoms with Crippen LogP contribution in [0.5, 0.6) is 0 Å². The normalized spacial score (nSPS) is 9.90. The van der Waals surface area contributed by atoms with Gasteiger partial charge < -0.3 is 5.32 Å². The van der Waals surface area contributed by atoms with Gasteiger partial charge in [-0.3, -0.25) is 4.79 Å². The summed E-state index contributed by atoms with van der Waals surface area (Å²) in [5.41, 5.74) is 1.11. The lowest BCUT2D eigenvalue weighted by Crippen LogP contribution is -2.03. The standard InChI is InChI=1S/C13H8Cl2N4O/c1-7-17-12(15)9(6-20)13(18-7)19-11-3-2-8(5-16)4-10(11)14/h2-4,6H,1H3,(H,17,18,19). The van der Waals surface area contributed by atoms with Crippen LogP contribution in [-0.2, 0) is 0 Å². The number of carbonyl (C=O) groups excluding carboxylic acids is 1. The summed E-state index contributed by atoms with van der Waals surface area (Å²) < 4.78 is 0. The van der Waals surface area contributed by atoms with E-state index < -0.39 is 0 Å². The molecule has 0 spiro atoms. The Kier molecular flexibility index (Phi) is 4.18. The third-order valence-electron chi connectivity index (χ3n) is 2.48. The third-order valence-corrected chi connectivity index (χ3v) is 3.08. The summed E-state index contributed by atoms with van der Waals surface area (Å²) in [6.07, 6.45) is 0.571. The second kappa shape index (κ2) is 5.87. The molecule has 0 fully saturated rings. The maximum Gasteiger partial charge on any atom is 0.156 e. The van der Waals surface area contributed by atoms with E-state index in [0.29, 0.717) is 28.4 Å². The maximum absolute atomic E-state index is 11.1. The van der Waals surface area contributed by atoms with E-state index in [9.17, 15) is 4.79 Å². The average Bonchev–Trinajstić information content (AvgIpc) is 2.40. The number of anilines is 2. The summed E-state index contributed by atoms with van der Waals surface area (Å²) in [4.78, 5) is 19.1. The van der Waals surface area contributed by atoms with Gasteiger partial charge in [0.15, 0.2) is 6.29 Å². The molecular formula is C13H8Cl2N4O. The number of aldehydes is 1. The molecule has 0 amide bonds. The van der Waals surface area contributed by atoms with Crippen molar-refractivity contribution in [3.05, 3.63) is 45.3 Å². The fourth-order valence-electron chi connectivity index (χ4n) is 1.56.